The Morgan fingerprint density at radius 2 is 2.15 bits per heavy atom. The Kier molecular flexibility index (Phi) is 5.11. The molecule has 3 aliphatic rings. The second-order valence-corrected chi connectivity index (χ2v) is 7.60. The summed E-state index contributed by atoms with van der Waals surface area (Å²) in [6.07, 6.45) is 5.55. The number of likely N-dealkylation sites (tertiary alicyclic amines) is 1. The van der Waals surface area contributed by atoms with E-state index in [2.05, 4.69) is 32.7 Å². The summed E-state index contributed by atoms with van der Waals surface area (Å²) in [7, 11) is 1.82. The van der Waals surface area contributed by atoms with Gasteiger partial charge in [0.25, 0.3) is 0 Å². The number of hydrogen-bond acceptors (Lipinski definition) is 3. The lowest BCUT2D eigenvalue weighted by molar-refractivity contribution is -0.117. The van der Waals surface area contributed by atoms with Crippen LogP contribution in [0.2, 0.25) is 0 Å². The van der Waals surface area contributed by atoms with E-state index in [1.807, 2.05) is 24.1 Å². The highest BCUT2D eigenvalue weighted by Gasteiger charge is 2.34. The van der Waals surface area contributed by atoms with E-state index in [0.29, 0.717) is 19.0 Å². The standard InChI is InChI=1S/C20H29N5O/c1-21-20(23-16-9-11-24(14-16)17-7-8-17)22-13-15-4-2-5-18(12-15)25-10-3-6-19(25)26/h2,4-5,12,16-17H,3,6-11,13-14H2,1H3,(H2,21,22,23). The summed E-state index contributed by atoms with van der Waals surface area (Å²) < 4.78 is 0. The molecule has 1 aromatic carbocycles. The largest absolute Gasteiger partial charge is 0.352 e. The fraction of sp³-hybridized carbons (Fsp3) is 0.600. The molecular formula is C20H29N5O. The maximum absolute atomic E-state index is 11.9. The highest BCUT2D eigenvalue weighted by atomic mass is 16.2. The van der Waals surface area contributed by atoms with Crippen LogP contribution in [-0.4, -0.2) is 55.5 Å². The van der Waals surface area contributed by atoms with Crippen molar-refractivity contribution in [2.75, 3.05) is 31.6 Å². The van der Waals surface area contributed by atoms with Gasteiger partial charge in [-0.1, -0.05) is 12.1 Å². The molecule has 2 heterocycles. The molecule has 1 atom stereocenters. The Morgan fingerprint density at radius 1 is 1.27 bits per heavy atom. The van der Waals surface area contributed by atoms with Gasteiger partial charge in [0.05, 0.1) is 0 Å². The molecule has 1 amide bonds. The van der Waals surface area contributed by atoms with Crippen LogP contribution in [0.25, 0.3) is 0 Å². The predicted octanol–water partition coefficient (Wildman–Crippen LogP) is 1.72. The van der Waals surface area contributed by atoms with Crippen molar-refractivity contribution in [1.29, 1.82) is 0 Å². The van der Waals surface area contributed by atoms with Crippen molar-refractivity contribution >= 4 is 17.6 Å². The molecule has 2 saturated heterocycles. The first-order valence-electron chi connectivity index (χ1n) is 9.83. The second kappa shape index (κ2) is 7.66. The highest BCUT2D eigenvalue weighted by molar-refractivity contribution is 5.95. The van der Waals surface area contributed by atoms with Crippen LogP contribution in [0.4, 0.5) is 5.69 Å². The minimum absolute atomic E-state index is 0.231. The lowest BCUT2D eigenvalue weighted by Crippen LogP contribution is -2.44. The molecule has 4 rings (SSSR count). The number of guanidine groups is 1. The van der Waals surface area contributed by atoms with Crippen LogP contribution >= 0.6 is 0 Å². The van der Waals surface area contributed by atoms with Crippen LogP contribution in [-0.2, 0) is 11.3 Å². The molecule has 2 aliphatic heterocycles. The number of carbonyl (C=O) groups excluding carboxylic acids is 1. The molecule has 6 heteroatoms. The van der Waals surface area contributed by atoms with Crippen LogP contribution in [0.1, 0.15) is 37.7 Å². The van der Waals surface area contributed by atoms with Gasteiger partial charge in [-0.05, 0) is 43.4 Å². The fourth-order valence-corrected chi connectivity index (χ4v) is 4.01. The molecule has 0 radical (unpaired) electrons. The summed E-state index contributed by atoms with van der Waals surface area (Å²) in [4.78, 5) is 20.8. The van der Waals surface area contributed by atoms with E-state index in [1.54, 1.807) is 0 Å². The van der Waals surface area contributed by atoms with Crippen molar-refractivity contribution < 1.29 is 4.79 Å². The molecule has 0 bridgehead atoms. The van der Waals surface area contributed by atoms with Gasteiger partial charge in [0.15, 0.2) is 5.96 Å². The number of amides is 1. The third kappa shape index (κ3) is 4.01. The van der Waals surface area contributed by atoms with Gasteiger partial charge in [-0.25, -0.2) is 0 Å². The topological polar surface area (TPSA) is 60.0 Å². The van der Waals surface area contributed by atoms with Gasteiger partial charge >= 0.3 is 0 Å². The van der Waals surface area contributed by atoms with Crippen molar-refractivity contribution in [2.45, 2.75) is 50.7 Å². The Bertz CT molecular complexity index is 685. The number of aliphatic imine (C=N–C) groups is 1. The minimum atomic E-state index is 0.231. The van der Waals surface area contributed by atoms with Gasteiger partial charge in [0, 0.05) is 57.4 Å². The zero-order valence-electron chi connectivity index (χ0n) is 15.6. The maximum Gasteiger partial charge on any atom is 0.227 e. The first-order chi connectivity index (χ1) is 12.7. The number of benzene rings is 1. The van der Waals surface area contributed by atoms with Crippen molar-refractivity contribution in [3.8, 4) is 0 Å². The van der Waals surface area contributed by atoms with Crippen molar-refractivity contribution in [3.05, 3.63) is 29.8 Å². The number of nitrogens with zero attached hydrogens (tertiary/aromatic N) is 3. The molecule has 6 nitrogen and oxygen atoms in total. The molecule has 1 unspecified atom stereocenters. The van der Waals surface area contributed by atoms with Gasteiger partial charge in [-0.3, -0.25) is 14.7 Å². The third-order valence-electron chi connectivity index (χ3n) is 5.60. The van der Waals surface area contributed by atoms with E-state index < -0.39 is 0 Å². The van der Waals surface area contributed by atoms with Crippen LogP contribution < -0.4 is 15.5 Å². The molecule has 0 aromatic heterocycles. The summed E-state index contributed by atoms with van der Waals surface area (Å²) in [5.41, 5.74) is 2.17. The molecule has 1 saturated carbocycles. The Balaban J connectivity index is 1.30. The first-order valence-corrected chi connectivity index (χ1v) is 9.83. The van der Waals surface area contributed by atoms with E-state index in [0.717, 1.165) is 42.8 Å². The molecule has 26 heavy (non-hydrogen) atoms. The van der Waals surface area contributed by atoms with Crippen molar-refractivity contribution in [3.63, 3.8) is 0 Å². The Labute approximate surface area is 155 Å². The summed E-state index contributed by atoms with van der Waals surface area (Å²) in [6.45, 7) is 3.86. The summed E-state index contributed by atoms with van der Waals surface area (Å²) in [5, 5.41) is 6.98. The number of anilines is 1. The quantitative estimate of drug-likeness (QED) is 0.624. The summed E-state index contributed by atoms with van der Waals surface area (Å²) in [5.74, 6) is 1.09. The lowest BCUT2D eigenvalue weighted by atomic mass is 10.2. The smallest absolute Gasteiger partial charge is 0.227 e. The zero-order valence-corrected chi connectivity index (χ0v) is 15.6. The average Bonchev–Trinajstić information content (AvgIpc) is 3.25. The number of nitrogens with one attached hydrogen (secondary N) is 2. The van der Waals surface area contributed by atoms with Gasteiger partial charge in [-0.2, -0.15) is 0 Å². The second-order valence-electron chi connectivity index (χ2n) is 7.60. The zero-order chi connectivity index (χ0) is 17.9. The molecular weight excluding hydrogens is 326 g/mol. The van der Waals surface area contributed by atoms with Gasteiger partial charge in [-0.15, -0.1) is 0 Å². The molecule has 0 spiro atoms. The minimum Gasteiger partial charge on any atom is -0.352 e. The number of hydrogen-bond donors (Lipinski definition) is 2. The maximum atomic E-state index is 11.9. The number of carbonyl (C=O) groups is 1. The van der Waals surface area contributed by atoms with Crippen molar-refractivity contribution in [1.82, 2.24) is 15.5 Å². The first kappa shape index (κ1) is 17.3. The van der Waals surface area contributed by atoms with Gasteiger partial charge in [0.2, 0.25) is 5.91 Å². The van der Waals surface area contributed by atoms with E-state index >= 15 is 0 Å². The molecule has 1 aromatic rings. The van der Waals surface area contributed by atoms with Crippen LogP contribution in [0.3, 0.4) is 0 Å². The SMILES string of the molecule is CN=C(NCc1cccc(N2CCCC2=O)c1)NC1CCN(C2CC2)C1. The van der Waals surface area contributed by atoms with E-state index in [-0.39, 0.29) is 5.91 Å². The Hall–Kier alpha value is -2.08. The molecule has 3 fully saturated rings. The molecule has 2 N–H and O–H groups in total. The summed E-state index contributed by atoms with van der Waals surface area (Å²) >= 11 is 0. The Morgan fingerprint density at radius 3 is 2.88 bits per heavy atom. The van der Waals surface area contributed by atoms with Gasteiger partial charge < -0.3 is 15.5 Å². The van der Waals surface area contributed by atoms with E-state index in [4.69, 9.17) is 0 Å². The monoisotopic (exact) mass is 355 g/mol. The third-order valence-corrected chi connectivity index (χ3v) is 5.60. The van der Waals surface area contributed by atoms with Gasteiger partial charge in [0.1, 0.15) is 0 Å². The molecule has 140 valence electrons. The predicted molar refractivity (Wildman–Crippen MR) is 104 cm³/mol. The van der Waals surface area contributed by atoms with E-state index in [1.165, 1.54) is 25.8 Å². The van der Waals surface area contributed by atoms with Crippen LogP contribution in [0.5, 0.6) is 0 Å². The van der Waals surface area contributed by atoms with Crippen LogP contribution in [0, 0.1) is 0 Å². The van der Waals surface area contributed by atoms with E-state index in [9.17, 15) is 4.79 Å². The lowest BCUT2D eigenvalue weighted by Gasteiger charge is -2.19. The highest BCUT2D eigenvalue weighted by Crippen LogP contribution is 2.29. The average molecular weight is 355 g/mol. The van der Waals surface area contributed by atoms with Crippen LogP contribution in [0.15, 0.2) is 29.3 Å². The number of rotatable bonds is 5. The fourth-order valence-electron chi connectivity index (χ4n) is 4.01. The normalized spacial score (nSPS) is 24.3. The molecule has 1 aliphatic carbocycles. The summed E-state index contributed by atoms with van der Waals surface area (Å²) in [6, 6.07) is 9.56. The van der Waals surface area contributed by atoms with Crippen molar-refractivity contribution in [2.24, 2.45) is 4.99 Å².